The Hall–Kier alpha value is -1.62. The molecule has 0 spiro atoms. The van der Waals surface area contributed by atoms with E-state index in [-0.39, 0.29) is 19.1 Å². The maximum atomic E-state index is 13.2. The molecule has 1 amide bonds. The van der Waals surface area contributed by atoms with Crippen LogP contribution in [0.4, 0.5) is 4.39 Å². The predicted molar refractivity (Wildman–Crippen MR) is 67.7 cm³/mol. The zero-order valence-electron chi connectivity index (χ0n) is 10.5. The zero-order valence-corrected chi connectivity index (χ0v) is 10.5. The molecule has 18 heavy (non-hydrogen) atoms. The van der Waals surface area contributed by atoms with Gasteiger partial charge in [-0.2, -0.15) is 0 Å². The van der Waals surface area contributed by atoms with E-state index < -0.39 is 5.82 Å². The van der Waals surface area contributed by atoms with Crippen molar-refractivity contribution in [2.45, 2.75) is 26.3 Å². The molecule has 5 heteroatoms. The van der Waals surface area contributed by atoms with Gasteiger partial charge in [0.15, 0.2) is 6.61 Å². The van der Waals surface area contributed by atoms with Gasteiger partial charge in [-0.25, -0.2) is 4.39 Å². The number of carbonyl (C=O) groups excluding carboxylic acids is 1. The Kier molecular flexibility index (Phi) is 6.14. The summed E-state index contributed by atoms with van der Waals surface area (Å²) in [5, 5.41) is 2.71. The largest absolute Gasteiger partial charge is 0.484 e. The van der Waals surface area contributed by atoms with Crippen LogP contribution in [0.2, 0.25) is 0 Å². The van der Waals surface area contributed by atoms with Crippen LogP contribution >= 0.6 is 0 Å². The Morgan fingerprint density at radius 1 is 1.44 bits per heavy atom. The summed E-state index contributed by atoms with van der Waals surface area (Å²) in [6.07, 6.45) is 1.95. The first-order valence-corrected chi connectivity index (χ1v) is 6.04. The van der Waals surface area contributed by atoms with Gasteiger partial charge in [0.05, 0.1) is 0 Å². The molecule has 100 valence electrons. The SMILES string of the molecule is CCCCNC(=O)COc1cc(F)cc(CN)c1. The van der Waals surface area contributed by atoms with Crippen LogP contribution in [0.15, 0.2) is 18.2 Å². The lowest BCUT2D eigenvalue weighted by Gasteiger charge is -2.08. The van der Waals surface area contributed by atoms with Crippen LogP contribution in [0, 0.1) is 5.82 Å². The van der Waals surface area contributed by atoms with Crippen molar-refractivity contribution in [3.05, 3.63) is 29.6 Å². The summed E-state index contributed by atoms with van der Waals surface area (Å²) in [5.74, 6) is -0.303. The third-order valence-corrected chi connectivity index (χ3v) is 2.39. The number of hydrogen-bond donors (Lipinski definition) is 2. The first-order valence-electron chi connectivity index (χ1n) is 6.04. The van der Waals surface area contributed by atoms with E-state index in [9.17, 15) is 9.18 Å². The summed E-state index contributed by atoms with van der Waals surface area (Å²) in [6.45, 7) is 2.80. The lowest BCUT2D eigenvalue weighted by Crippen LogP contribution is -2.29. The lowest BCUT2D eigenvalue weighted by molar-refractivity contribution is -0.123. The molecule has 0 aromatic heterocycles. The van der Waals surface area contributed by atoms with Gasteiger partial charge in [-0.3, -0.25) is 4.79 Å². The summed E-state index contributed by atoms with van der Waals surface area (Å²) < 4.78 is 18.4. The van der Waals surface area contributed by atoms with Gasteiger partial charge >= 0.3 is 0 Å². The van der Waals surface area contributed by atoms with E-state index in [1.54, 1.807) is 6.07 Å². The van der Waals surface area contributed by atoms with Crippen molar-refractivity contribution in [2.24, 2.45) is 5.73 Å². The van der Waals surface area contributed by atoms with Gasteiger partial charge in [-0.15, -0.1) is 0 Å². The van der Waals surface area contributed by atoms with Crippen molar-refractivity contribution in [2.75, 3.05) is 13.2 Å². The summed E-state index contributed by atoms with van der Waals surface area (Å²) in [4.78, 5) is 11.4. The van der Waals surface area contributed by atoms with Crippen LogP contribution < -0.4 is 15.8 Å². The quantitative estimate of drug-likeness (QED) is 0.726. The molecule has 0 bridgehead atoms. The van der Waals surface area contributed by atoms with Crippen LogP contribution in [0.3, 0.4) is 0 Å². The fourth-order valence-electron chi connectivity index (χ4n) is 1.43. The second kappa shape index (κ2) is 7.66. The number of halogens is 1. The second-order valence-corrected chi connectivity index (χ2v) is 3.99. The number of nitrogens with two attached hydrogens (primary N) is 1. The normalized spacial score (nSPS) is 10.2. The minimum Gasteiger partial charge on any atom is -0.484 e. The molecule has 3 N–H and O–H groups in total. The summed E-state index contributed by atoms with van der Waals surface area (Å²) in [6, 6.07) is 4.20. The van der Waals surface area contributed by atoms with Crippen LogP contribution in [-0.4, -0.2) is 19.1 Å². The van der Waals surface area contributed by atoms with Gasteiger partial charge in [0.2, 0.25) is 0 Å². The average molecular weight is 254 g/mol. The van der Waals surface area contributed by atoms with Crippen molar-refractivity contribution >= 4 is 5.91 Å². The van der Waals surface area contributed by atoms with E-state index in [0.29, 0.717) is 17.9 Å². The minimum atomic E-state index is -0.417. The molecule has 0 fully saturated rings. The van der Waals surface area contributed by atoms with E-state index in [2.05, 4.69) is 5.32 Å². The Morgan fingerprint density at radius 3 is 2.89 bits per heavy atom. The number of rotatable bonds is 7. The van der Waals surface area contributed by atoms with Gasteiger partial charge in [0.1, 0.15) is 11.6 Å². The van der Waals surface area contributed by atoms with Gasteiger partial charge < -0.3 is 15.8 Å². The standard InChI is InChI=1S/C13H19FN2O2/c1-2-3-4-16-13(17)9-18-12-6-10(8-15)5-11(14)7-12/h5-7H,2-4,8-9,15H2,1H3,(H,16,17). The fraction of sp³-hybridized carbons (Fsp3) is 0.462. The summed E-state index contributed by atoms with van der Waals surface area (Å²) >= 11 is 0. The highest BCUT2D eigenvalue weighted by Crippen LogP contribution is 2.15. The van der Waals surface area contributed by atoms with Crippen LogP contribution in [0.5, 0.6) is 5.75 Å². The minimum absolute atomic E-state index is 0.114. The third-order valence-electron chi connectivity index (χ3n) is 2.39. The molecule has 1 aromatic carbocycles. The van der Waals surface area contributed by atoms with Gasteiger partial charge in [-0.1, -0.05) is 13.3 Å². The summed E-state index contributed by atoms with van der Waals surface area (Å²) in [5.41, 5.74) is 6.06. The Bertz CT molecular complexity index is 397. The maximum absolute atomic E-state index is 13.2. The zero-order chi connectivity index (χ0) is 13.4. The van der Waals surface area contributed by atoms with Crippen LogP contribution in [0.1, 0.15) is 25.3 Å². The van der Waals surface area contributed by atoms with E-state index in [4.69, 9.17) is 10.5 Å². The molecular weight excluding hydrogens is 235 g/mol. The predicted octanol–water partition coefficient (Wildman–Crippen LogP) is 1.58. The van der Waals surface area contributed by atoms with E-state index in [1.807, 2.05) is 6.92 Å². The molecule has 0 atom stereocenters. The molecule has 4 nitrogen and oxygen atoms in total. The lowest BCUT2D eigenvalue weighted by atomic mass is 10.2. The topological polar surface area (TPSA) is 64.3 Å². The van der Waals surface area contributed by atoms with E-state index in [0.717, 1.165) is 12.8 Å². The van der Waals surface area contributed by atoms with Crippen molar-refractivity contribution in [1.82, 2.24) is 5.32 Å². The Balaban J connectivity index is 2.43. The Morgan fingerprint density at radius 2 is 2.22 bits per heavy atom. The average Bonchev–Trinajstić information content (AvgIpc) is 2.36. The molecule has 0 aliphatic heterocycles. The number of carbonyl (C=O) groups is 1. The number of nitrogens with one attached hydrogen (secondary N) is 1. The monoisotopic (exact) mass is 254 g/mol. The van der Waals surface area contributed by atoms with Gasteiger partial charge in [0.25, 0.3) is 5.91 Å². The Labute approximate surface area is 106 Å². The second-order valence-electron chi connectivity index (χ2n) is 3.99. The number of benzene rings is 1. The van der Waals surface area contributed by atoms with Crippen molar-refractivity contribution < 1.29 is 13.9 Å². The molecule has 1 rings (SSSR count). The molecule has 0 aliphatic rings. The smallest absolute Gasteiger partial charge is 0.257 e. The summed E-state index contributed by atoms with van der Waals surface area (Å²) in [7, 11) is 0. The molecule has 0 aliphatic carbocycles. The van der Waals surface area contributed by atoms with Crippen molar-refractivity contribution in [1.29, 1.82) is 0 Å². The first-order chi connectivity index (χ1) is 8.65. The van der Waals surface area contributed by atoms with E-state index >= 15 is 0 Å². The van der Waals surface area contributed by atoms with Crippen molar-refractivity contribution in [3.8, 4) is 5.75 Å². The molecule has 0 heterocycles. The number of unbranched alkanes of at least 4 members (excludes halogenated alkanes) is 1. The van der Waals surface area contributed by atoms with Gasteiger partial charge in [-0.05, 0) is 24.1 Å². The highest BCUT2D eigenvalue weighted by atomic mass is 19.1. The number of ether oxygens (including phenoxy) is 1. The molecule has 1 aromatic rings. The van der Waals surface area contributed by atoms with Crippen LogP contribution in [0.25, 0.3) is 0 Å². The molecule has 0 radical (unpaired) electrons. The molecule has 0 unspecified atom stereocenters. The molecule has 0 saturated carbocycles. The third kappa shape index (κ3) is 5.14. The highest BCUT2D eigenvalue weighted by Gasteiger charge is 2.04. The molecule has 0 saturated heterocycles. The van der Waals surface area contributed by atoms with Gasteiger partial charge in [0, 0.05) is 19.2 Å². The van der Waals surface area contributed by atoms with Crippen LogP contribution in [-0.2, 0) is 11.3 Å². The molecular formula is C13H19FN2O2. The van der Waals surface area contributed by atoms with Crippen molar-refractivity contribution in [3.63, 3.8) is 0 Å². The fourth-order valence-corrected chi connectivity index (χ4v) is 1.43. The number of hydrogen-bond acceptors (Lipinski definition) is 3. The highest BCUT2D eigenvalue weighted by molar-refractivity contribution is 5.77. The van der Waals surface area contributed by atoms with E-state index in [1.165, 1.54) is 12.1 Å². The number of amides is 1. The first kappa shape index (κ1) is 14.4. The maximum Gasteiger partial charge on any atom is 0.257 e.